The van der Waals surface area contributed by atoms with Gasteiger partial charge in [0.1, 0.15) is 0 Å². The van der Waals surface area contributed by atoms with Crippen molar-refractivity contribution in [2.75, 3.05) is 20.1 Å². The maximum Gasteiger partial charge on any atom is 0.0595 e. The van der Waals surface area contributed by atoms with Crippen LogP contribution in [0.1, 0.15) is 37.7 Å². The average Bonchev–Trinajstić information content (AvgIpc) is 2.79. The lowest BCUT2D eigenvalue weighted by molar-refractivity contribution is 0.382. The molecular formula is C16H23Cl2N. The van der Waals surface area contributed by atoms with Gasteiger partial charge in [-0.25, -0.2) is 0 Å². The van der Waals surface area contributed by atoms with E-state index in [-0.39, 0.29) is 0 Å². The van der Waals surface area contributed by atoms with Gasteiger partial charge in [-0.05, 0) is 62.9 Å². The zero-order valence-electron chi connectivity index (χ0n) is 11.7. The van der Waals surface area contributed by atoms with Crippen molar-refractivity contribution in [2.45, 2.75) is 38.5 Å². The molecular weight excluding hydrogens is 277 g/mol. The third-order valence-corrected chi connectivity index (χ3v) is 4.79. The number of hydrogen-bond acceptors (Lipinski definition) is 1. The Morgan fingerprint density at radius 2 is 2.00 bits per heavy atom. The number of aryl methyl sites for hydroxylation is 1. The maximum absolute atomic E-state index is 6.02. The summed E-state index contributed by atoms with van der Waals surface area (Å²) in [6.45, 7) is 2.58. The van der Waals surface area contributed by atoms with Crippen molar-refractivity contribution in [1.29, 1.82) is 0 Å². The second kappa shape index (κ2) is 7.52. The number of rotatable bonds is 6. The molecule has 1 unspecified atom stereocenters. The highest BCUT2D eigenvalue weighted by Crippen LogP contribution is 2.24. The van der Waals surface area contributed by atoms with Crippen molar-refractivity contribution >= 4 is 23.2 Å². The fourth-order valence-electron chi connectivity index (χ4n) is 2.90. The Kier molecular flexibility index (Phi) is 6.00. The first kappa shape index (κ1) is 15.2. The summed E-state index contributed by atoms with van der Waals surface area (Å²) in [6.07, 6.45) is 7.83. The largest absolute Gasteiger partial charge is 0.306 e. The first-order valence-corrected chi connectivity index (χ1v) is 8.03. The lowest BCUT2D eigenvalue weighted by atomic mass is 9.99. The van der Waals surface area contributed by atoms with Crippen LogP contribution in [0.15, 0.2) is 18.2 Å². The molecule has 1 heterocycles. The quantitative estimate of drug-likeness (QED) is 0.665. The Morgan fingerprint density at radius 1 is 1.16 bits per heavy atom. The van der Waals surface area contributed by atoms with Gasteiger partial charge in [-0.15, -0.1) is 0 Å². The Labute approximate surface area is 126 Å². The number of halogens is 2. The summed E-state index contributed by atoms with van der Waals surface area (Å²) < 4.78 is 0. The molecule has 0 saturated carbocycles. The van der Waals surface area contributed by atoms with Crippen molar-refractivity contribution in [2.24, 2.45) is 5.92 Å². The van der Waals surface area contributed by atoms with Crippen molar-refractivity contribution in [3.05, 3.63) is 33.8 Å². The molecule has 1 aromatic rings. The molecule has 0 amide bonds. The summed E-state index contributed by atoms with van der Waals surface area (Å²) in [6, 6.07) is 5.98. The molecule has 1 fully saturated rings. The third kappa shape index (κ3) is 4.98. The minimum Gasteiger partial charge on any atom is -0.306 e. The van der Waals surface area contributed by atoms with E-state index in [0.717, 1.165) is 12.3 Å². The first-order chi connectivity index (χ1) is 9.15. The molecule has 0 aliphatic carbocycles. The van der Waals surface area contributed by atoms with E-state index in [1.165, 1.54) is 50.8 Å². The van der Waals surface area contributed by atoms with E-state index >= 15 is 0 Å². The predicted octanol–water partition coefficient (Wildman–Crippen LogP) is 5.05. The standard InChI is InChI=1S/C16H23Cl2N/c1-19-10-9-14(12-19)6-4-2-3-5-13-7-8-15(17)16(18)11-13/h7-8,11,14H,2-6,9-10,12H2,1H3. The molecule has 2 rings (SSSR count). The number of unbranched alkanes of at least 4 members (excludes halogenated alkanes) is 2. The fraction of sp³-hybridized carbons (Fsp3) is 0.625. The van der Waals surface area contributed by atoms with Crippen molar-refractivity contribution in [1.82, 2.24) is 4.90 Å². The van der Waals surface area contributed by atoms with E-state index in [4.69, 9.17) is 23.2 Å². The number of likely N-dealkylation sites (tertiary alicyclic amines) is 1. The van der Waals surface area contributed by atoms with Gasteiger partial charge < -0.3 is 4.90 Å². The molecule has 106 valence electrons. The van der Waals surface area contributed by atoms with Crippen molar-refractivity contribution in [3.63, 3.8) is 0 Å². The summed E-state index contributed by atoms with van der Waals surface area (Å²) in [5.41, 5.74) is 1.30. The van der Waals surface area contributed by atoms with Crippen LogP contribution >= 0.6 is 23.2 Å². The van der Waals surface area contributed by atoms with Gasteiger partial charge in [-0.3, -0.25) is 0 Å². The Morgan fingerprint density at radius 3 is 2.68 bits per heavy atom. The molecule has 1 aromatic carbocycles. The molecule has 1 aliphatic heterocycles. The minimum atomic E-state index is 0.649. The zero-order valence-corrected chi connectivity index (χ0v) is 13.2. The van der Waals surface area contributed by atoms with Crippen molar-refractivity contribution in [3.8, 4) is 0 Å². The van der Waals surface area contributed by atoms with E-state index in [0.29, 0.717) is 10.0 Å². The van der Waals surface area contributed by atoms with Crippen LogP contribution in [0.2, 0.25) is 10.0 Å². The van der Waals surface area contributed by atoms with Crippen molar-refractivity contribution < 1.29 is 0 Å². The summed E-state index contributed by atoms with van der Waals surface area (Å²) in [4.78, 5) is 2.44. The molecule has 1 aliphatic rings. The molecule has 0 spiro atoms. The summed E-state index contributed by atoms with van der Waals surface area (Å²) in [5.74, 6) is 0.940. The lowest BCUT2D eigenvalue weighted by Gasteiger charge is -2.10. The van der Waals surface area contributed by atoms with Crippen LogP contribution < -0.4 is 0 Å². The van der Waals surface area contributed by atoms with Gasteiger partial charge in [0.15, 0.2) is 0 Å². The Balaban J connectivity index is 1.60. The smallest absolute Gasteiger partial charge is 0.0595 e. The molecule has 1 saturated heterocycles. The summed E-state index contributed by atoms with van der Waals surface area (Å²) >= 11 is 11.9. The minimum absolute atomic E-state index is 0.649. The third-order valence-electron chi connectivity index (χ3n) is 4.05. The van der Waals surface area contributed by atoms with E-state index < -0.39 is 0 Å². The van der Waals surface area contributed by atoms with Gasteiger partial charge in [-0.2, -0.15) is 0 Å². The van der Waals surface area contributed by atoms with Crippen LogP contribution in [0.25, 0.3) is 0 Å². The van der Waals surface area contributed by atoms with Crippen LogP contribution in [-0.2, 0) is 6.42 Å². The second-order valence-electron chi connectivity index (χ2n) is 5.76. The first-order valence-electron chi connectivity index (χ1n) is 7.27. The Bertz CT molecular complexity index is 406. The van der Waals surface area contributed by atoms with Gasteiger partial charge in [0.05, 0.1) is 10.0 Å². The summed E-state index contributed by atoms with van der Waals surface area (Å²) in [7, 11) is 2.23. The molecule has 0 radical (unpaired) electrons. The average molecular weight is 300 g/mol. The zero-order chi connectivity index (χ0) is 13.7. The molecule has 3 heteroatoms. The molecule has 0 aromatic heterocycles. The SMILES string of the molecule is CN1CCC(CCCCCc2ccc(Cl)c(Cl)c2)C1. The van der Waals surface area contributed by atoms with Gasteiger partial charge in [0.25, 0.3) is 0 Å². The van der Waals surface area contributed by atoms with E-state index in [1.54, 1.807) is 0 Å². The highest BCUT2D eigenvalue weighted by Gasteiger charge is 2.18. The second-order valence-corrected chi connectivity index (χ2v) is 6.58. The molecule has 1 nitrogen and oxygen atoms in total. The van der Waals surface area contributed by atoms with Gasteiger partial charge >= 0.3 is 0 Å². The topological polar surface area (TPSA) is 3.24 Å². The van der Waals surface area contributed by atoms with Crippen LogP contribution in [0.4, 0.5) is 0 Å². The van der Waals surface area contributed by atoms with Crippen LogP contribution in [-0.4, -0.2) is 25.0 Å². The maximum atomic E-state index is 6.02. The highest BCUT2D eigenvalue weighted by molar-refractivity contribution is 6.42. The monoisotopic (exact) mass is 299 g/mol. The summed E-state index contributed by atoms with van der Waals surface area (Å²) in [5, 5.41) is 1.32. The molecule has 1 atom stereocenters. The van der Waals surface area contributed by atoms with Crippen LogP contribution in [0.3, 0.4) is 0 Å². The van der Waals surface area contributed by atoms with E-state index in [2.05, 4.69) is 18.0 Å². The normalized spacial score (nSPS) is 20.1. The number of benzene rings is 1. The fourth-order valence-corrected chi connectivity index (χ4v) is 3.22. The Hall–Kier alpha value is -0.240. The number of nitrogens with zero attached hydrogens (tertiary/aromatic N) is 1. The molecule has 19 heavy (non-hydrogen) atoms. The van der Waals surface area contributed by atoms with E-state index in [9.17, 15) is 0 Å². The molecule has 0 bridgehead atoms. The van der Waals surface area contributed by atoms with Gasteiger partial charge in [0, 0.05) is 6.54 Å². The van der Waals surface area contributed by atoms with Crippen LogP contribution in [0, 0.1) is 5.92 Å². The molecule has 0 N–H and O–H groups in total. The van der Waals surface area contributed by atoms with E-state index in [1.807, 2.05) is 12.1 Å². The van der Waals surface area contributed by atoms with Gasteiger partial charge in [-0.1, -0.05) is 42.1 Å². The number of hydrogen-bond donors (Lipinski definition) is 0. The van der Waals surface area contributed by atoms with Gasteiger partial charge in [0.2, 0.25) is 0 Å². The predicted molar refractivity (Wildman–Crippen MR) is 84.2 cm³/mol. The van der Waals surface area contributed by atoms with Crippen LogP contribution in [0.5, 0.6) is 0 Å². The lowest BCUT2D eigenvalue weighted by Crippen LogP contribution is -2.13. The highest BCUT2D eigenvalue weighted by atomic mass is 35.5.